The van der Waals surface area contributed by atoms with Gasteiger partial charge in [-0.3, -0.25) is 4.79 Å². The molecule has 1 aromatic heterocycles. The molecule has 0 saturated carbocycles. The summed E-state index contributed by atoms with van der Waals surface area (Å²) in [4.78, 5) is 15.3. The number of aryl methyl sites for hydroxylation is 3. The van der Waals surface area contributed by atoms with Gasteiger partial charge in [-0.25, -0.2) is 0 Å². The third kappa shape index (κ3) is 2.75. The van der Waals surface area contributed by atoms with E-state index in [1.807, 2.05) is 25.1 Å². The van der Waals surface area contributed by atoms with Gasteiger partial charge >= 0.3 is 0 Å². The van der Waals surface area contributed by atoms with Crippen molar-refractivity contribution in [3.8, 4) is 0 Å². The quantitative estimate of drug-likeness (QED) is 0.764. The number of hydrogen-bond donors (Lipinski definition) is 2. The Morgan fingerprint density at radius 3 is 2.64 bits per heavy atom. The van der Waals surface area contributed by atoms with Crippen molar-refractivity contribution < 1.29 is 0 Å². The summed E-state index contributed by atoms with van der Waals surface area (Å²) >= 11 is 0. The number of anilines is 1. The van der Waals surface area contributed by atoms with E-state index in [4.69, 9.17) is 0 Å². The van der Waals surface area contributed by atoms with E-state index >= 15 is 0 Å². The molecule has 0 amide bonds. The van der Waals surface area contributed by atoms with Crippen LogP contribution in [0.5, 0.6) is 0 Å². The Labute approximate surface area is 130 Å². The molecule has 0 unspecified atom stereocenters. The standard InChI is InChI=1S/C19H20N2O/c1-12-5-4-6-17(9-12)20-11-16-10-15-8-7-13(2)14(3)18(15)21-19(16)22/h4-10,20H,11H2,1-3H3,(H,21,22). The highest BCUT2D eigenvalue weighted by Gasteiger charge is 2.06. The smallest absolute Gasteiger partial charge is 0.253 e. The zero-order valence-corrected chi connectivity index (χ0v) is 13.2. The van der Waals surface area contributed by atoms with E-state index in [-0.39, 0.29) is 5.56 Å². The summed E-state index contributed by atoms with van der Waals surface area (Å²) in [5.41, 5.74) is 6.20. The highest BCUT2D eigenvalue weighted by molar-refractivity contribution is 5.83. The molecule has 3 nitrogen and oxygen atoms in total. The molecule has 0 radical (unpaired) electrons. The second-order valence-electron chi connectivity index (χ2n) is 5.82. The Bertz CT molecular complexity index is 894. The molecular formula is C19H20N2O. The van der Waals surface area contributed by atoms with Gasteiger partial charge in [-0.2, -0.15) is 0 Å². The van der Waals surface area contributed by atoms with Crippen LogP contribution >= 0.6 is 0 Å². The first-order valence-electron chi connectivity index (χ1n) is 7.47. The number of H-pyrrole nitrogens is 1. The maximum atomic E-state index is 12.3. The van der Waals surface area contributed by atoms with Crippen LogP contribution < -0.4 is 10.9 Å². The van der Waals surface area contributed by atoms with Gasteiger partial charge in [0, 0.05) is 17.8 Å². The van der Waals surface area contributed by atoms with E-state index < -0.39 is 0 Å². The normalized spacial score (nSPS) is 10.9. The molecular weight excluding hydrogens is 272 g/mol. The largest absolute Gasteiger partial charge is 0.381 e. The van der Waals surface area contributed by atoms with E-state index in [0.717, 1.165) is 27.7 Å². The van der Waals surface area contributed by atoms with E-state index in [1.54, 1.807) is 0 Å². The average Bonchev–Trinajstić information content (AvgIpc) is 2.50. The summed E-state index contributed by atoms with van der Waals surface area (Å²) in [6.45, 7) is 6.67. The van der Waals surface area contributed by atoms with Gasteiger partial charge in [0.05, 0.1) is 5.52 Å². The SMILES string of the molecule is Cc1cccc(NCc2cc3ccc(C)c(C)c3[nH]c2=O)c1. The van der Waals surface area contributed by atoms with Crippen molar-refractivity contribution in [3.05, 3.63) is 75.1 Å². The lowest BCUT2D eigenvalue weighted by molar-refractivity contribution is 1.09. The molecule has 0 spiro atoms. The average molecular weight is 292 g/mol. The zero-order chi connectivity index (χ0) is 15.7. The monoisotopic (exact) mass is 292 g/mol. The number of pyridine rings is 1. The fourth-order valence-corrected chi connectivity index (χ4v) is 2.65. The predicted molar refractivity (Wildman–Crippen MR) is 92.5 cm³/mol. The van der Waals surface area contributed by atoms with Gasteiger partial charge in [-0.05, 0) is 61.0 Å². The molecule has 2 aromatic carbocycles. The lowest BCUT2D eigenvalue weighted by atomic mass is 10.0. The highest BCUT2D eigenvalue weighted by Crippen LogP contribution is 2.19. The van der Waals surface area contributed by atoms with Crippen LogP contribution in [-0.2, 0) is 6.54 Å². The third-order valence-electron chi connectivity index (χ3n) is 4.13. The first-order valence-corrected chi connectivity index (χ1v) is 7.47. The zero-order valence-electron chi connectivity index (χ0n) is 13.2. The van der Waals surface area contributed by atoms with Crippen molar-refractivity contribution in [1.29, 1.82) is 0 Å². The van der Waals surface area contributed by atoms with Crippen LogP contribution in [0, 0.1) is 20.8 Å². The van der Waals surface area contributed by atoms with Crippen LogP contribution in [0.15, 0.2) is 47.3 Å². The number of nitrogens with one attached hydrogen (secondary N) is 2. The van der Waals surface area contributed by atoms with Gasteiger partial charge in [0.2, 0.25) is 0 Å². The summed E-state index contributed by atoms with van der Waals surface area (Å²) in [6, 6.07) is 14.3. The molecule has 0 saturated heterocycles. The van der Waals surface area contributed by atoms with Crippen molar-refractivity contribution in [3.63, 3.8) is 0 Å². The minimum atomic E-state index is -0.0265. The van der Waals surface area contributed by atoms with Crippen LogP contribution in [0.3, 0.4) is 0 Å². The predicted octanol–water partition coefficient (Wildman–Crippen LogP) is 4.07. The van der Waals surface area contributed by atoms with Crippen molar-refractivity contribution >= 4 is 16.6 Å². The second-order valence-corrected chi connectivity index (χ2v) is 5.82. The molecule has 0 fully saturated rings. The maximum absolute atomic E-state index is 12.3. The van der Waals surface area contributed by atoms with Crippen LogP contribution in [0.2, 0.25) is 0 Å². The summed E-state index contributed by atoms with van der Waals surface area (Å²) in [6.07, 6.45) is 0. The summed E-state index contributed by atoms with van der Waals surface area (Å²) in [7, 11) is 0. The molecule has 2 N–H and O–H groups in total. The Morgan fingerprint density at radius 2 is 1.86 bits per heavy atom. The van der Waals surface area contributed by atoms with Gasteiger partial charge in [-0.15, -0.1) is 0 Å². The van der Waals surface area contributed by atoms with Crippen molar-refractivity contribution in [2.45, 2.75) is 27.3 Å². The first-order chi connectivity index (χ1) is 10.5. The van der Waals surface area contributed by atoms with Gasteiger partial charge in [-0.1, -0.05) is 24.3 Å². The molecule has 1 heterocycles. The van der Waals surface area contributed by atoms with Crippen molar-refractivity contribution in [2.75, 3.05) is 5.32 Å². The molecule has 0 atom stereocenters. The Kier molecular flexibility index (Phi) is 3.72. The molecule has 112 valence electrons. The molecule has 3 aromatic rings. The number of aromatic nitrogens is 1. The Morgan fingerprint density at radius 1 is 1.05 bits per heavy atom. The molecule has 0 aliphatic rings. The molecule has 0 bridgehead atoms. The molecule has 3 heteroatoms. The fraction of sp³-hybridized carbons (Fsp3) is 0.211. The minimum Gasteiger partial charge on any atom is -0.381 e. The molecule has 22 heavy (non-hydrogen) atoms. The number of hydrogen-bond acceptors (Lipinski definition) is 2. The maximum Gasteiger partial charge on any atom is 0.253 e. The molecule has 0 aliphatic carbocycles. The van der Waals surface area contributed by atoms with Gasteiger partial charge < -0.3 is 10.3 Å². The highest BCUT2D eigenvalue weighted by atomic mass is 16.1. The first kappa shape index (κ1) is 14.4. The van der Waals surface area contributed by atoms with Crippen molar-refractivity contribution in [2.24, 2.45) is 0 Å². The Hall–Kier alpha value is -2.55. The van der Waals surface area contributed by atoms with E-state index in [9.17, 15) is 4.79 Å². The van der Waals surface area contributed by atoms with E-state index in [1.165, 1.54) is 11.1 Å². The lowest BCUT2D eigenvalue weighted by Gasteiger charge is -2.10. The molecule has 3 rings (SSSR count). The second kappa shape index (κ2) is 5.68. The number of aromatic amines is 1. The number of benzene rings is 2. The van der Waals surface area contributed by atoms with Crippen LogP contribution in [0.1, 0.15) is 22.3 Å². The molecule has 0 aliphatic heterocycles. The van der Waals surface area contributed by atoms with Crippen molar-refractivity contribution in [1.82, 2.24) is 4.98 Å². The lowest BCUT2D eigenvalue weighted by Crippen LogP contribution is -2.16. The van der Waals surface area contributed by atoms with Gasteiger partial charge in [0.1, 0.15) is 0 Å². The van der Waals surface area contributed by atoms with Crippen LogP contribution in [-0.4, -0.2) is 4.98 Å². The van der Waals surface area contributed by atoms with Gasteiger partial charge in [0.15, 0.2) is 0 Å². The number of fused-ring (bicyclic) bond motifs is 1. The fourth-order valence-electron chi connectivity index (χ4n) is 2.65. The van der Waals surface area contributed by atoms with Crippen LogP contribution in [0.25, 0.3) is 10.9 Å². The number of rotatable bonds is 3. The van der Waals surface area contributed by atoms with Crippen LogP contribution in [0.4, 0.5) is 5.69 Å². The topological polar surface area (TPSA) is 44.9 Å². The van der Waals surface area contributed by atoms with E-state index in [2.05, 4.69) is 48.4 Å². The summed E-state index contributed by atoms with van der Waals surface area (Å²) < 4.78 is 0. The summed E-state index contributed by atoms with van der Waals surface area (Å²) in [5, 5.41) is 4.39. The third-order valence-corrected chi connectivity index (χ3v) is 4.13. The van der Waals surface area contributed by atoms with E-state index in [0.29, 0.717) is 6.54 Å². The summed E-state index contributed by atoms with van der Waals surface area (Å²) in [5.74, 6) is 0. The minimum absolute atomic E-state index is 0.0265. The van der Waals surface area contributed by atoms with Gasteiger partial charge in [0.25, 0.3) is 5.56 Å². The Balaban J connectivity index is 1.93.